The van der Waals surface area contributed by atoms with Crippen molar-refractivity contribution in [3.8, 4) is 0 Å². The minimum Gasteiger partial charge on any atom is -0.462 e. The van der Waals surface area contributed by atoms with Crippen molar-refractivity contribution in [2.75, 3.05) is 6.61 Å². The molecule has 0 spiro atoms. The molecule has 0 amide bonds. The van der Waals surface area contributed by atoms with Crippen LogP contribution in [0.4, 0.5) is 0 Å². The third kappa shape index (κ3) is 5.00. The third-order valence-corrected chi connectivity index (χ3v) is 13.4. The first-order valence-corrected chi connectivity index (χ1v) is 16.7. The zero-order chi connectivity index (χ0) is 27.0. The number of carbonyl (C=O) groups excluding carboxylic acids is 1. The smallest absolute Gasteiger partial charge is 0.306 e. The van der Waals surface area contributed by atoms with Crippen LogP contribution in [0.25, 0.3) is 0 Å². The Morgan fingerprint density at radius 2 is 1.29 bits per heavy atom. The maximum atomic E-state index is 12.3. The van der Waals surface area contributed by atoms with Crippen LogP contribution < -0.4 is 0 Å². The Balaban J connectivity index is 1.55. The molecule has 1 saturated carbocycles. The maximum Gasteiger partial charge on any atom is 0.306 e. The standard InChI is InChI=1S/C33H40O4Si/c1-32(2,3)38(4,5)37-30-22-29-27(21-31(34)36-29)28(30)23-35-33(24-15-9-6-10-16-24,25-17-11-7-12-18-25)26-19-13-8-14-20-26/h6-20,27-30H,21-23H2,1-5H3/t27-,28-,29+,30-/m1/s1. The van der Waals surface area contributed by atoms with E-state index in [0.29, 0.717) is 13.0 Å². The van der Waals surface area contributed by atoms with E-state index >= 15 is 0 Å². The van der Waals surface area contributed by atoms with Crippen molar-refractivity contribution < 1.29 is 18.7 Å². The number of rotatable bonds is 8. The molecular formula is C33H40O4Si. The van der Waals surface area contributed by atoms with Gasteiger partial charge in [0.1, 0.15) is 11.7 Å². The Labute approximate surface area is 228 Å². The molecule has 2 aliphatic rings. The average Bonchev–Trinajstić information content (AvgIpc) is 3.41. The van der Waals surface area contributed by atoms with Gasteiger partial charge in [0.15, 0.2) is 8.32 Å². The second kappa shape index (κ2) is 10.4. The molecule has 0 N–H and O–H groups in total. The van der Waals surface area contributed by atoms with Gasteiger partial charge in [-0.15, -0.1) is 0 Å². The van der Waals surface area contributed by atoms with E-state index in [0.717, 1.165) is 23.1 Å². The summed E-state index contributed by atoms with van der Waals surface area (Å²) in [6.07, 6.45) is 1.08. The zero-order valence-electron chi connectivity index (χ0n) is 23.2. The Bertz CT molecular complexity index is 1120. The normalized spacial score (nSPS) is 23.8. The van der Waals surface area contributed by atoms with Crippen molar-refractivity contribution in [3.63, 3.8) is 0 Å². The number of hydrogen-bond acceptors (Lipinski definition) is 4. The Kier molecular flexibility index (Phi) is 7.38. The molecule has 38 heavy (non-hydrogen) atoms. The summed E-state index contributed by atoms with van der Waals surface area (Å²) in [5.41, 5.74) is 2.43. The molecule has 3 aromatic rings. The molecular weight excluding hydrogens is 488 g/mol. The fourth-order valence-electron chi connectivity index (χ4n) is 5.87. The summed E-state index contributed by atoms with van der Waals surface area (Å²) in [5.74, 6) is 0.0737. The second-order valence-electron chi connectivity index (χ2n) is 12.3. The first-order valence-electron chi connectivity index (χ1n) is 13.8. The lowest BCUT2D eigenvalue weighted by atomic mass is 9.79. The van der Waals surface area contributed by atoms with Gasteiger partial charge in [0, 0.05) is 18.3 Å². The molecule has 5 heteroatoms. The lowest BCUT2D eigenvalue weighted by molar-refractivity contribution is -0.141. The van der Waals surface area contributed by atoms with Crippen LogP contribution in [0, 0.1) is 11.8 Å². The monoisotopic (exact) mass is 528 g/mol. The van der Waals surface area contributed by atoms with Crippen molar-refractivity contribution in [1.29, 1.82) is 0 Å². The number of carbonyl (C=O) groups is 1. The van der Waals surface area contributed by atoms with E-state index in [1.54, 1.807) is 0 Å². The predicted molar refractivity (Wildman–Crippen MR) is 153 cm³/mol. The van der Waals surface area contributed by atoms with Crippen molar-refractivity contribution in [2.24, 2.45) is 11.8 Å². The Hall–Kier alpha value is -2.73. The second-order valence-corrected chi connectivity index (χ2v) is 17.1. The van der Waals surface area contributed by atoms with Crippen molar-refractivity contribution in [2.45, 2.75) is 69.6 Å². The fourth-order valence-corrected chi connectivity index (χ4v) is 7.25. The summed E-state index contributed by atoms with van der Waals surface area (Å²) in [4.78, 5) is 12.3. The molecule has 4 atom stereocenters. The molecule has 1 aliphatic heterocycles. The van der Waals surface area contributed by atoms with Crippen LogP contribution in [0.5, 0.6) is 0 Å². The van der Waals surface area contributed by atoms with Crippen LogP contribution in [-0.4, -0.2) is 33.1 Å². The van der Waals surface area contributed by atoms with Crippen LogP contribution in [0.1, 0.15) is 50.3 Å². The molecule has 1 aliphatic carbocycles. The predicted octanol–water partition coefficient (Wildman–Crippen LogP) is 7.34. The van der Waals surface area contributed by atoms with Gasteiger partial charge in [-0.1, -0.05) is 112 Å². The lowest BCUT2D eigenvalue weighted by Crippen LogP contribution is -2.46. The highest BCUT2D eigenvalue weighted by molar-refractivity contribution is 6.74. The third-order valence-electron chi connectivity index (χ3n) is 8.94. The first-order chi connectivity index (χ1) is 18.1. The van der Waals surface area contributed by atoms with E-state index < -0.39 is 13.9 Å². The van der Waals surface area contributed by atoms with Gasteiger partial charge in [0.25, 0.3) is 0 Å². The topological polar surface area (TPSA) is 44.8 Å². The van der Waals surface area contributed by atoms with Gasteiger partial charge in [-0.25, -0.2) is 0 Å². The van der Waals surface area contributed by atoms with Gasteiger partial charge in [0.2, 0.25) is 0 Å². The van der Waals surface area contributed by atoms with Crippen LogP contribution in [0.15, 0.2) is 91.0 Å². The van der Waals surface area contributed by atoms with Crippen LogP contribution in [0.2, 0.25) is 18.1 Å². The molecule has 4 nitrogen and oxygen atoms in total. The summed E-state index contributed by atoms with van der Waals surface area (Å²) in [6.45, 7) is 11.9. The highest BCUT2D eigenvalue weighted by Crippen LogP contribution is 2.48. The van der Waals surface area contributed by atoms with Gasteiger partial charge < -0.3 is 13.9 Å². The van der Waals surface area contributed by atoms with Crippen molar-refractivity contribution >= 4 is 14.3 Å². The molecule has 0 radical (unpaired) electrons. The van der Waals surface area contributed by atoms with Crippen molar-refractivity contribution in [3.05, 3.63) is 108 Å². The summed E-state index contributed by atoms with van der Waals surface area (Å²) < 4.78 is 20.0. The number of fused-ring (bicyclic) bond motifs is 1. The SMILES string of the molecule is CC(C)(C)[Si](C)(C)O[C@@H]1C[C@@H]2OC(=O)C[C@@H]2[C@H]1COC(c1ccccc1)(c1ccccc1)c1ccccc1. The molecule has 3 aromatic carbocycles. The minimum absolute atomic E-state index is 0.000915. The van der Waals surface area contributed by atoms with Crippen LogP contribution >= 0.6 is 0 Å². The van der Waals surface area contributed by atoms with Gasteiger partial charge in [-0.05, 0) is 34.8 Å². The number of ether oxygens (including phenoxy) is 2. The molecule has 1 heterocycles. The highest BCUT2D eigenvalue weighted by atomic mass is 28.4. The lowest BCUT2D eigenvalue weighted by Gasteiger charge is -2.41. The minimum atomic E-state index is -2.04. The molecule has 0 bridgehead atoms. The van der Waals surface area contributed by atoms with Crippen LogP contribution in [0.3, 0.4) is 0 Å². The van der Waals surface area contributed by atoms with Crippen LogP contribution in [-0.2, 0) is 24.3 Å². The number of hydrogen-bond donors (Lipinski definition) is 0. The van der Waals surface area contributed by atoms with Gasteiger partial charge in [-0.2, -0.15) is 0 Å². The first kappa shape index (κ1) is 26.9. The Morgan fingerprint density at radius 3 is 1.74 bits per heavy atom. The quantitative estimate of drug-likeness (QED) is 0.174. The van der Waals surface area contributed by atoms with E-state index in [1.165, 1.54) is 0 Å². The van der Waals surface area contributed by atoms with E-state index in [-0.39, 0.29) is 35.1 Å². The van der Waals surface area contributed by atoms with Gasteiger partial charge in [-0.3, -0.25) is 4.79 Å². The van der Waals surface area contributed by atoms with Crippen molar-refractivity contribution in [1.82, 2.24) is 0 Å². The highest BCUT2D eigenvalue weighted by Gasteiger charge is 2.54. The summed E-state index contributed by atoms with van der Waals surface area (Å²) in [6, 6.07) is 31.4. The molecule has 0 unspecified atom stereocenters. The average molecular weight is 529 g/mol. The summed E-state index contributed by atoms with van der Waals surface area (Å²) >= 11 is 0. The fraction of sp³-hybridized carbons (Fsp3) is 0.424. The van der Waals surface area contributed by atoms with Gasteiger partial charge in [0.05, 0.1) is 19.1 Å². The largest absolute Gasteiger partial charge is 0.462 e. The van der Waals surface area contributed by atoms with E-state index in [2.05, 4.69) is 107 Å². The molecule has 200 valence electrons. The van der Waals surface area contributed by atoms with E-state index in [4.69, 9.17) is 13.9 Å². The molecule has 5 rings (SSSR count). The summed E-state index contributed by atoms with van der Waals surface area (Å²) in [5, 5.41) is 0.0919. The molecule has 1 saturated heterocycles. The summed E-state index contributed by atoms with van der Waals surface area (Å²) in [7, 11) is -2.04. The zero-order valence-corrected chi connectivity index (χ0v) is 24.2. The number of esters is 1. The van der Waals surface area contributed by atoms with Gasteiger partial charge >= 0.3 is 5.97 Å². The molecule has 2 fully saturated rings. The molecule has 0 aromatic heterocycles. The van der Waals surface area contributed by atoms with E-state index in [1.807, 2.05) is 18.2 Å². The number of benzene rings is 3. The van der Waals surface area contributed by atoms with E-state index in [9.17, 15) is 4.79 Å². The maximum absolute atomic E-state index is 12.3. The Morgan fingerprint density at radius 1 is 0.816 bits per heavy atom.